The molecule has 0 atom stereocenters. The van der Waals surface area contributed by atoms with E-state index in [0.717, 1.165) is 18.1 Å². The second kappa shape index (κ2) is 2.04. The fourth-order valence-corrected chi connectivity index (χ4v) is 2.91. The number of rotatable bonds is 0. The first-order chi connectivity index (χ1) is 5.49. The van der Waals surface area contributed by atoms with Gasteiger partial charge in [0.2, 0.25) is 0 Å². The van der Waals surface area contributed by atoms with E-state index in [1.54, 1.807) is 0 Å². The molecule has 3 aliphatic carbocycles. The predicted molar refractivity (Wildman–Crippen MR) is 48.5 cm³/mol. The van der Waals surface area contributed by atoms with Crippen LogP contribution in [0.2, 0.25) is 0 Å². The molecule has 3 rings (SSSR count). The quantitative estimate of drug-likeness (QED) is 0.436. The van der Waals surface area contributed by atoms with E-state index in [0.29, 0.717) is 5.41 Å². The Balaban J connectivity index is 2.35. The van der Waals surface area contributed by atoms with Crippen molar-refractivity contribution < 1.29 is 5.21 Å². The second-order valence-electron chi connectivity index (χ2n) is 5.21. The van der Waals surface area contributed by atoms with Gasteiger partial charge in [0.05, 0.1) is 5.71 Å². The fourth-order valence-electron chi connectivity index (χ4n) is 2.91. The standard InChI is InChI=1S/C10H17NO/c1-9(2)8(11-12)4-7-5-10(9,3)6-7/h7,12H,4-6H2,1-3H3. The van der Waals surface area contributed by atoms with Crippen LogP contribution in [0, 0.1) is 16.7 Å². The highest BCUT2D eigenvalue weighted by atomic mass is 16.4. The van der Waals surface area contributed by atoms with E-state index in [1.807, 2.05) is 0 Å². The number of hydrogen-bond acceptors (Lipinski definition) is 2. The van der Waals surface area contributed by atoms with E-state index in [1.165, 1.54) is 12.8 Å². The Bertz CT molecular complexity index is 236. The largest absolute Gasteiger partial charge is 0.411 e. The number of nitrogens with zero attached hydrogens (tertiary/aromatic N) is 1. The maximum atomic E-state index is 8.87. The van der Waals surface area contributed by atoms with E-state index in [9.17, 15) is 0 Å². The maximum absolute atomic E-state index is 8.87. The van der Waals surface area contributed by atoms with Gasteiger partial charge < -0.3 is 5.21 Å². The zero-order valence-electron chi connectivity index (χ0n) is 8.09. The van der Waals surface area contributed by atoms with Gasteiger partial charge in [0.15, 0.2) is 0 Å². The molecule has 0 aromatic rings. The molecule has 2 bridgehead atoms. The summed E-state index contributed by atoms with van der Waals surface area (Å²) in [7, 11) is 0. The summed E-state index contributed by atoms with van der Waals surface area (Å²) in [6.07, 6.45) is 3.65. The Morgan fingerprint density at radius 2 is 1.92 bits per heavy atom. The van der Waals surface area contributed by atoms with Crippen LogP contribution >= 0.6 is 0 Å². The van der Waals surface area contributed by atoms with Gasteiger partial charge in [0.25, 0.3) is 0 Å². The Kier molecular flexibility index (Phi) is 1.37. The van der Waals surface area contributed by atoms with Crippen LogP contribution in [0.4, 0.5) is 0 Å². The van der Waals surface area contributed by atoms with Crippen molar-refractivity contribution >= 4 is 5.71 Å². The summed E-state index contributed by atoms with van der Waals surface area (Å²) < 4.78 is 0. The molecule has 0 unspecified atom stereocenters. The molecular formula is C10H17NO. The van der Waals surface area contributed by atoms with E-state index in [4.69, 9.17) is 5.21 Å². The molecule has 68 valence electrons. The van der Waals surface area contributed by atoms with Crippen molar-refractivity contribution in [3.8, 4) is 0 Å². The lowest BCUT2D eigenvalue weighted by molar-refractivity contribution is -0.0304. The summed E-state index contributed by atoms with van der Waals surface area (Å²) in [5, 5.41) is 12.3. The van der Waals surface area contributed by atoms with Crippen molar-refractivity contribution in [3.05, 3.63) is 0 Å². The third-order valence-electron chi connectivity index (χ3n) is 4.31. The topological polar surface area (TPSA) is 32.6 Å². The normalized spacial score (nSPS) is 47.2. The molecule has 3 fully saturated rings. The van der Waals surface area contributed by atoms with Gasteiger partial charge in [-0.2, -0.15) is 0 Å². The molecule has 2 nitrogen and oxygen atoms in total. The van der Waals surface area contributed by atoms with Crippen LogP contribution in [0.25, 0.3) is 0 Å². The van der Waals surface area contributed by atoms with E-state index in [-0.39, 0.29) is 5.41 Å². The van der Waals surface area contributed by atoms with Crippen molar-refractivity contribution in [2.45, 2.75) is 40.0 Å². The second-order valence-corrected chi connectivity index (χ2v) is 5.21. The molecule has 2 heteroatoms. The van der Waals surface area contributed by atoms with Crippen molar-refractivity contribution in [1.82, 2.24) is 0 Å². The highest BCUT2D eigenvalue weighted by molar-refractivity contribution is 5.91. The molecule has 0 heterocycles. The van der Waals surface area contributed by atoms with Crippen molar-refractivity contribution in [3.63, 3.8) is 0 Å². The lowest BCUT2D eigenvalue weighted by Crippen LogP contribution is -2.56. The fraction of sp³-hybridized carbons (Fsp3) is 0.900. The number of oxime groups is 1. The Hall–Kier alpha value is -0.530. The molecule has 1 N–H and O–H groups in total. The van der Waals surface area contributed by atoms with E-state index < -0.39 is 0 Å². The smallest absolute Gasteiger partial charge is 0.0635 e. The van der Waals surface area contributed by atoms with Gasteiger partial charge in [-0.1, -0.05) is 25.9 Å². The number of fused-ring (bicyclic) bond motifs is 2. The summed E-state index contributed by atoms with van der Waals surface area (Å²) in [5.41, 5.74) is 1.51. The molecule has 3 aliphatic rings. The lowest BCUT2D eigenvalue weighted by Gasteiger charge is -2.60. The van der Waals surface area contributed by atoms with Gasteiger partial charge in [-0.05, 0) is 30.6 Å². The van der Waals surface area contributed by atoms with Crippen molar-refractivity contribution in [2.75, 3.05) is 0 Å². The molecule has 0 aliphatic heterocycles. The van der Waals surface area contributed by atoms with Gasteiger partial charge in [0, 0.05) is 5.41 Å². The predicted octanol–water partition coefficient (Wildman–Crippen LogP) is 2.66. The highest BCUT2D eigenvalue weighted by Gasteiger charge is 2.57. The maximum Gasteiger partial charge on any atom is 0.0635 e. The van der Waals surface area contributed by atoms with E-state index >= 15 is 0 Å². The average molecular weight is 167 g/mol. The highest BCUT2D eigenvalue weighted by Crippen LogP contribution is 2.62. The monoisotopic (exact) mass is 167 g/mol. The SMILES string of the molecule is CC12CC(CC(=NO)C1(C)C)C2. The lowest BCUT2D eigenvalue weighted by atomic mass is 9.44. The molecule has 0 saturated heterocycles. The van der Waals surface area contributed by atoms with Crippen LogP contribution in [0.5, 0.6) is 0 Å². The van der Waals surface area contributed by atoms with Crippen molar-refractivity contribution in [1.29, 1.82) is 0 Å². The van der Waals surface area contributed by atoms with Crippen LogP contribution in [0.3, 0.4) is 0 Å². The summed E-state index contributed by atoms with van der Waals surface area (Å²) in [6.45, 7) is 6.72. The van der Waals surface area contributed by atoms with Gasteiger partial charge in [-0.15, -0.1) is 0 Å². The van der Waals surface area contributed by atoms with Gasteiger partial charge in [-0.25, -0.2) is 0 Å². The molecule has 0 spiro atoms. The third-order valence-corrected chi connectivity index (χ3v) is 4.31. The van der Waals surface area contributed by atoms with Crippen LogP contribution < -0.4 is 0 Å². The first kappa shape index (κ1) is 8.09. The van der Waals surface area contributed by atoms with Gasteiger partial charge in [-0.3, -0.25) is 0 Å². The zero-order chi connectivity index (χ0) is 8.98. The average Bonchev–Trinajstić information content (AvgIpc) is 1.92. The minimum absolute atomic E-state index is 0.108. The summed E-state index contributed by atoms with van der Waals surface area (Å²) in [5.74, 6) is 0.800. The minimum Gasteiger partial charge on any atom is -0.411 e. The molecule has 12 heavy (non-hydrogen) atoms. The molecule has 0 radical (unpaired) electrons. The molecule has 0 aromatic heterocycles. The number of hydrogen-bond donors (Lipinski definition) is 1. The van der Waals surface area contributed by atoms with Crippen LogP contribution in [0.1, 0.15) is 40.0 Å². The first-order valence-electron chi connectivity index (χ1n) is 4.71. The Morgan fingerprint density at radius 3 is 2.33 bits per heavy atom. The van der Waals surface area contributed by atoms with Crippen LogP contribution in [0.15, 0.2) is 5.16 Å². The van der Waals surface area contributed by atoms with Crippen LogP contribution in [-0.4, -0.2) is 10.9 Å². The minimum atomic E-state index is 0.108. The zero-order valence-corrected chi connectivity index (χ0v) is 8.09. The molecular weight excluding hydrogens is 150 g/mol. The first-order valence-corrected chi connectivity index (χ1v) is 4.71. The molecule has 0 aromatic carbocycles. The van der Waals surface area contributed by atoms with Gasteiger partial charge in [0.1, 0.15) is 0 Å². The summed E-state index contributed by atoms with van der Waals surface area (Å²) >= 11 is 0. The Morgan fingerprint density at radius 1 is 1.33 bits per heavy atom. The summed E-state index contributed by atoms with van der Waals surface area (Å²) in [6, 6.07) is 0. The summed E-state index contributed by atoms with van der Waals surface area (Å²) in [4.78, 5) is 0. The third kappa shape index (κ3) is 0.732. The molecule has 0 amide bonds. The van der Waals surface area contributed by atoms with Gasteiger partial charge >= 0.3 is 0 Å². The molecule has 3 saturated carbocycles. The van der Waals surface area contributed by atoms with E-state index in [2.05, 4.69) is 25.9 Å². The Labute approximate surface area is 73.7 Å². The van der Waals surface area contributed by atoms with Crippen molar-refractivity contribution in [2.24, 2.45) is 21.9 Å². The van der Waals surface area contributed by atoms with Crippen LogP contribution in [-0.2, 0) is 0 Å².